The molecule has 2 aromatic carbocycles. The second-order valence-corrected chi connectivity index (χ2v) is 8.54. The minimum absolute atomic E-state index is 0.0195. The molecule has 0 unspecified atom stereocenters. The molecule has 6 nitrogen and oxygen atoms in total. The fraction of sp³-hybridized carbons (Fsp3) is 0.375. The Morgan fingerprint density at radius 2 is 1.87 bits per heavy atom. The number of nitrogens with two attached hydrogens (primary N) is 1. The van der Waals surface area contributed by atoms with E-state index in [-0.39, 0.29) is 23.8 Å². The van der Waals surface area contributed by atoms with E-state index >= 15 is 0 Å². The molecule has 6 heteroatoms. The van der Waals surface area contributed by atoms with Crippen LogP contribution >= 0.6 is 0 Å². The number of fused-ring (bicyclic) bond motifs is 1. The zero-order valence-electron chi connectivity index (χ0n) is 17.4. The molecule has 4 rings (SSSR count). The number of carbonyl (C=O) groups is 3. The van der Waals surface area contributed by atoms with Crippen LogP contribution in [-0.4, -0.2) is 39.6 Å². The van der Waals surface area contributed by atoms with E-state index in [2.05, 4.69) is 0 Å². The first kappa shape index (κ1) is 20.1. The molecule has 2 aromatic rings. The van der Waals surface area contributed by atoms with Gasteiger partial charge in [0, 0.05) is 30.3 Å². The van der Waals surface area contributed by atoms with Crippen LogP contribution in [0.25, 0.3) is 0 Å². The molecule has 156 valence electrons. The van der Waals surface area contributed by atoms with Crippen molar-refractivity contribution < 1.29 is 14.4 Å². The maximum Gasteiger partial charge on any atom is 0.255 e. The van der Waals surface area contributed by atoms with Gasteiger partial charge in [-0.1, -0.05) is 44.2 Å². The van der Waals surface area contributed by atoms with Crippen LogP contribution in [0.5, 0.6) is 0 Å². The Bertz CT molecular complexity index is 997. The van der Waals surface area contributed by atoms with Crippen LogP contribution in [0.2, 0.25) is 0 Å². The van der Waals surface area contributed by atoms with Gasteiger partial charge in [0.15, 0.2) is 0 Å². The molecule has 2 aliphatic rings. The molecule has 0 radical (unpaired) electrons. The average Bonchev–Trinajstić information content (AvgIpc) is 3.51. The predicted molar refractivity (Wildman–Crippen MR) is 113 cm³/mol. The first-order chi connectivity index (χ1) is 14.4. The fourth-order valence-corrected chi connectivity index (χ4v) is 4.24. The number of benzene rings is 2. The van der Waals surface area contributed by atoms with Gasteiger partial charge in [0.05, 0.1) is 0 Å². The SMILES string of the molecule is CC(C)[C@@H](C(=O)N(Cc1cccc(C(N)=O)c1)C1CC1)N1Cc2ccccc2C1=O. The van der Waals surface area contributed by atoms with Crippen LogP contribution in [0.1, 0.15) is 58.5 Å². The predicted octanol–water partition coefficient (Wildman–Crippen LogP) is 2.96. The number of amides is 3. The summed E-state index contributed by atoms with van der Waals surface area (Å²) in [6.45, 7) is 4.83. The normalized spacial score (nSPS) is 16.5. The van der Waals surface area contributed by atoms with Crippen LogP contribution in [-0.2, 0) is 17.9 Å². The van der Waals surface area contributed by atoms with Crippen molar-refractivity contribution in [2.24, 2.45) is 11.7 Å². The van der Waals surface area contributed by atoms with Crippen molar-refractivity contribution in [3.8, 4) is 0 Å². The zero-order chi connectivity index (χ0) is 21.4. The minimum Gasteiger partial charge on any atom is -0.366 e. The van der Waals surface area contributed by atoms with E-state index in [4.69, 9.17) is 5.73 Å². The molecule has 1 heterocycles. The van der Waals surface area contributed by atoms with Crippen molar-refractivity contribution in [3.05, 3.63) is 70.8 Å². The number of carbonyl (C=O) groups excluding carboxylic acids is 3. The van der Waals surface area contributed by atoms with Crippen LogP contribution in [0.4, 0.5) is 0 Å². The summed E-state index contributed by atoms with van der Waals surface area (Å²) < 4.78 is 0. The topological polar surface area (TPSA) is 83.7 Å². The molecule has 1 atom stereocenters. The van der Waals surface area contributed by atoms with E-state index in [0.717, 1.165) is 24.0 Å². The molecule has 1 aliphatic carbocycles. The van der Waals surface area contributed by atoms with Gasteiger partial charge in [-0.05, 0) is 48.1 Å². The van der Waals surface area contributed by atoms with Crippen LogP contribution in [0.3, 0.4) is 0 Å². The van der Waals surface area contributed by atoms with E-state index in [1.54, 1.807) is 23.1 Å². The molecule has 0 bridgehead atoms. The van der Waals surface area contributed by atoms with Crippen molar-refractivity contribution >= 4 is 17.7 Å². The van der Waals surface area contributed by atoms with Gasteiger partial charge in [-0.3, -0.25) is 14.4 Å². The summed E-state index contributed by atoms with van der Waals surface area (Å²) in [6, 6.07) is 14.3. The van der Waals surface area contributed by atoms with Crippen molar-refractivity contribution in [2.45, 2.75) is 51.9 Å². The average molecular weight is 405 g/mol. The molecule has 0 saturated heterocycles. The van der Waals surface area contributed by atoms with Crippen molar-refractivity contribution in [1.82, 2.24) is 9.80 Å². The van der Waals surface area contributed by atoms with Crippen molar-refractivity contribution in [2.75, 3.05) is 0 Å². The van der Waals surface area contributed by atoms with Gasteiger partial charge in [0.2, 0.25) is 11.8 Å². The second-order valence-electron chi connectivity index (χ2n) is 8.54. The summed E-state index contributed by atoms with van der Waals surface area (Å²) in [6.07, 6.45) is 1.92. The molecular formula is C24H27N3O3. The lowest BCUT2D eigenvalue weighted by molar-refractivity contribution is -0.139. The highest BCUT2D eigenvalue weighted by Gasteiger charge is 2.43. The lowest BCUT2D eigenvalue weighted by Gasteiger charge is -2.35. The van der Waals surface area contributed by atoms with Gasteiger partial charge in [0.25, 0.3) is 5.91 Å². The number of primary amides is 1. The maximum absolute atomic E-state index is 13.7. The molecule has 1 aliphatic heterocycles. The second kappa shape index (κ2) is 7.94. The number of rotatable bonds is 7. The van der Waals surface area contributed by atoms with Crippen molar-refractivity contribution in [1.29, 1.82) is 0 Å². The molecule has 0 spiro atoms. The highest BCUT2D eigenvalue weighted by Crippen LogP contribution is 2.33. The van der Waals surface area contributed by atoms with Gasteiger partial charge < -0.3 is 15.5 Å². The molecule has 1 fully saturated rings. The highest BCUT2D eigenvalue weighted by molar-refractivity contribution is 6.01. The Balaban J connectivity index is 1.60. The molecule has 30 heavy (non-hydrogen) atoms. The molecule has 3 amide bonds. The van der Waals surface area contributed by atoms with Crippen LogP contribution in [0, 0.1) is 5.92 Å². The lowest BCUT2D eigenvalue weighted by atomic mass is 10.00. The number of nitrogens with zero attached hydrogens (tertiary/aromatic N) is 2. The summed E-state index contributed by atoms with van der Waals surface area (Å²) in [5.74, 6) is -0.613. The van der Waals surface area contributed by atoms with Gasteiger partial charge in [-0.15, -0.1) is 0 Å². The highest BCUT2D eigenvalue weighted by atomic mass is 16.2. The first-order valence-electron chi connectivity index (χ1n) is 10.4. The van der Waals surface area contributed by atoms with Gasteiger partial charge in [-0.2, -0.15) is 0 Å². The Hall–Kier alpha value is -3.15. The standard InChI is InChI=1S/C24H27N3O3/c1-15(2)21(27-14-18-7-3-4-9-20(18)23(27)29)24(30)26(19-10-11-19)13-16-6-5-8-17(12-16)22(25)28/h3-9,12,15,19,21H,10-11,13-14H2,1-2H3,(H2,25,28)/t21-/m0/s1. The summed E-state index contributed by atoms with van der Waals surface area (Å²) in [5.41, 5.74) is 8.36. The third-order valence-corrected chi connectivity index (χ3v) is 5.90. The molecular weight excluding hydrogens is 378 g/mol. The van der Waals surface area contributed by atoms with E-state index in [1.165, 1.54) is 0 Å². The third-order valence-electron chi connectivity index (χ3n) is 5.90. The van der Waals surface area contributed by atoms with Gasteiger partial charge in [0.1, 0.15) is 6.04 Å². The zero-order valence-corrected chi connectivity index (χ0v) is 17.4. The Kier molecular flexibility index (Phi) is 5.33. The van der Waals surface area contributed by atoms with E-state index in [1.807, 2.05) is 49.1 Å². The fourth-order valence-electron chi connectivity index (χ4n) is 4.24. The third kappa shape index (κ3) is 3.82. The largest absolute Gasteiger partial charge is 0.366 e. The molecule has 0 aromatic heterocycles. The lowest BCUT2D eigenvalue weighted by Crippen LogP contribution is -2.51. The van der Waals surface area contributed by atoms with Gasteiger partial charge in [-0.25, -0.2) is 0 Å². The Labute approximate surface area is 176 Å². The number of hydrogen-bond donors (Lipinski definition) is 1. The summed E-state index contributed by atoms with van der Waals surface area (Å²) in [5, 5.41) is 0. The minimum atomic E-state index is -0.523. The Morgan fingerprint density at radius 1 is 1.13 bits per heavy atom. The quantitative estimate of drug-likeness (QED) is 0.769. The van der Waals surface area contributed by atoms with Gasteiger partial charge >= 0.3 is 0 Å². The Morgan fingerprint density at radius 3 is 2.50 bits per heavy atom. The monoisotopic (exact) mass is 405 g/mol. The van der Waals surface area contributed by atoms with E-state index in [9.17, 15) is 14.4 Å². The smallest absolute Gasteiger partial charge is 0.255 e. The van der Waals surface area contributed by atoms with Crippen LogP contribution in [0.15, 0.2) is 48.5 Å². The molecule has 1 saturated carbocycles. The summed E-state index contributed by atoms with van der Waals surface area (Å²) >= 11 is 0. The van der Waals surface area contributed by atoms with Crippen LogP contribution < -0.4 is 5.73 Å². The first-order valence-corrected chi connectivity index (χ1v) is 10.4. The molecule has 2 N–H and O–H groups in total. The van der Waals surface area contributed by atoms with Crippen molar-refractivity contribution in [3.63, 3.8) is 0 Å². The summed E-state index contributed by atoms with van der Waals surface area (Å²) in [4.78, 5) is 41.9. The van der Waals surface area contributed by atoms with E-state index in [0.29, 0.717) is 24.2 Å². The van der Waals surface area contributed by atoms with E-state index < -0.39 is 11.9 Å². The number of hydrogen-bond acceptors (Lipinski definition) is 3. The maximum atomic E-state index is 13.7. The summed E-state index contributed by atoms with van der Waals surface area (Å²) in [7, 11) is 0.